The Morgan fingerprint density at radius 2 is 1.61 bits per heavy atom. The third kappa shape index (κ3) is 1.63. The van der Waals surface area contributed by atoms with Gasteiger partial charge in [-0.05, 0) is 22.3 Å². The Morgan fingerprint density at radius 1 is 0.944 bits per heavy atom. The number of hydrogen-bond acceptors (Lipinski definition) is 1. The lowest BCUT2D eigenvalue weighted by molar-refractivity contribution is -0.132. The number of carboxylic acid groups (broad SMARTS) is 1. The van der Waals surface area contributed by atoms with Crippen molar-refractivity contribution in [3.63, 3.8) is 0 Å². The number of carbonyl (C=O) groups is 1. The van der Waals surface area contributed by atoms with Gasteiger partial charge in [0.05, 0.1) is 0 Å². The number of benzene rings is 2. The predicted molar refractivity (Wildman–Crippen MR) is 70.2 cm³/mol. The van der Waals surface area contributed by atoms with Crippen molar-refractivity contribution < 1.29 is 9.90 Å². The Morgan fingerprint density at radius 3 is 2.33 bits per heavy atom. The molecule has 3 rings (SSSR count). The van der Waals surface area contributed by atoms with E-state index >= 15 is 0 Å². The zero-order valence-corrected chi connectivity index (χ0v) is 9.76. The minimum Gasteiger partial charge on any atom is -0.478 e. The van der Waals surface area contributed by atoms with Gasteiger partial charge in [0.1, 0.15) is 0 Å². The summed E-state index contributed by atoms with van der Waals surface area (Å²) in [6, 6.07) is 17.6. The van der Waals surface area contributed by atoms with Crippen LogP contribution in [0.2, 0.25) is 0 Å². The lowest BCUT2D eigenvalue weighted by Gasteiger charge is -2.06. The first-order valence-electron chi connectivity index (χ1n) is 5.87. The van der Waals surface area contributed by atoms with E-state index in [1.807, 2.05) is 54.6 Å². The van der Waals surface area contributed by atoms with Crippen molar-refractivity contribution in [2.45, 2.75) is 6.42 Å². The molecular formula is C16H12O2. The van der Waals surface area contributed by atoms with Gasteiger partial charge in [-0.2, -0.15) is 0 Å². The molecule has 88 valence electrons. The Kier molecular flexibility index (Phi) is 2.49. The van der Waals surface area contributed by atoms with Crippen LogP contribution in [0.25, 0.3) is 5.57 Å². The van der Waals surface area contributed by atoms with Crippen LogP contribution in [0.4, 0.5) is 0 Å². The van der Waals surface area contributed by atoms with Gasteiger partial charge in [0.15, 0.2) is 0 Å². The minimum atomic E-state index is -0.829. The Hall–Kier alpha value is -2.35. The van der Waals surface area contributed by atoms with Crippen molar-refractivity contribution >= 4 is 11.5 Å². The third-order valence-corrected chi connectivity index (χ3v) is 3.28. The zero-order valence-electron chi connectivity index (χ0n) is 9.76. The van der Waals surface area contributed by atoms with Crippen LogP contribution in [-0.4, -0.2) is 11.1 Å². The Balaban J connectivity index is 2.24. The van der Waals surface area contributed by atoms with Crippen LogP contribution in [0, 0.1) is 0 Å². The van der Waals surface area contributed by atoms with Crippen molar-refractivity contribution in [1.29, 1.82) is 0 Å². The quantitative estimate of drug-likeness (QED) is 0.869. The van der Waals surface area contributed by atoms with E-state index < -0.39 is 5.97 Å². The first-order chi connectivity index (χ1) is 8.77. The first kappa shape index (κ1) is 10.8. The summed E-state index contributed by atoms with van der Waals surface area (Å²) in [5.74, 6) is -0.829. The van der Waals surface area contributed by atoms with E-state index in [-0.39, 0.29) is 0 Å². The Labute approximate surface area is 105 Å². The van der Waals surface area contributed by atoms with Crippen LogP contribution in [0.3, 0.4) is 0 Å². The molecule has 0 aliphatic heterocycles. The van der Waals surface area contributed by atoms with Crippen LogP contribution >= 0.6 is 0 Å². The maximum absolute atomic E-state index is 11.4. The van der Waals surface area contributed by atoms with Crippen molar-refractivity contribution in [2.24, 2.45) is 0 Å². The van der Waals surface area contributed by atoms with E-state index in [1.54, 1.807) is 0 Å². The highest BCUT2D eigenvalue weighted by molar-refractivity contribution is 6.04. The summed E-state index contributed by atoms with van der Waals surface area (Å²) in [5.41, 5.74) is 4.45. The molecule has 0 amide bonds. The summed E-state index contributed by atoms with van der Waals surface area (Å²) in [6.45, 7) is 0. The van der Waals surface area contributed by atoms with E-state index in [0.717, 1.165) is 22.3 Å². The molecule has 1 aliphatic rings. The van der Waals surface area contributed by atoms with E-state index in [2.05, 4.69) is 0 Å². The van der Waals surface area contributed by atoms with Gasteiger partial charge in [0.25, 0.3) is 0 Å². The zero-order chi connectivity index (χ0) is 12.5. The van der Waals surface area contributed by atoms with Gasteiger partial charge < -0.3 is 5.11 Å². The number of fused-ring (bicyclic) bond motifs is 1. The van der Waals surface area contributed by atoms with Gasteiger partial charge in [0, 0.05) is 12.0 Å². The number of rotatable bonds is 2. The van der Waals surface area contributed by atoms with E-state index in [0.29, 0.717) is 12.0 Å². The average Bonchev–Trinajstić information content (AvgIpc) is 2.79. The van der Waals surface area contributed by atoms with Gasteiger partial charge in [-0.15, -0.1) is 0 Å². The van der Waals surface area contributed by atoms with E-state index in [1.165, 1.54) is 0 Å². The van der Waals surface area contributed by atoms with Gasteiger partial charge in [-0.3, -0.25) is 0 Å². The molecule has 2 aromatic rings. The molecule has 2 nitrogen and oxygen atoms in total. The largest absolute Gasteiger partial charge is 0.478 e. The fourth-order valence-electron chi connectivity index (χ4n) is 2.48. The molecule has 0 unspecified atom stereocenters. The molecule has 0 heterocycles. The lowest BCUT2D eigenvalue weighted by Crippen LogP contribution is -2.02. The second-order valence-corrected chi connectivity index (χ2v) is 4.36. The number of hydrogen-bond donors (Lipinski definition) is 1. The number of aliphatic carboxylic acids is 1. The maximum Gasteiger partial charge on any atom is 0.332 e. The van der Waals surface area contributed by atoms with Gasteiger partial charge in [-0.25, -0.2) is 4.79 Å². The normalized spacial score (nSPS) is 13.6. The number of carboxylic acids is 1. The molecule has 2 heteroatoms. The molecule has 2 aromatic carbocycles. The molecule has 0 atom stereocenters. The van der Waals surface area contributed by atoms with Crippen LogP contribution in [0.1, 0.15) is 16.7 Å². The summed E-state index contributed by atoms with van der Waals surface area (Å²) in [4.78, 5) is 11.4. The third-order valence-electron chi connectivity index (χ3n) is 3.28. The smallest absolute Gasteiger partial charge is 0.332 e. The van der Waals surface area contributed by atoms with Gasteiger partial charge in [0.2, 0.25) is 0 Å². The highest BCUT2D eigenvalue weighted by atomic mass is 16.4. The minimum absolute atomic E-state index is 0.488. The fraction of sp³-hybridized carbons (Fsp3) is 0.0625. The predicted octanol–water partition coefficient (Wildman–Crippen LogP) is 3.13. The van der Waals surface area contributed by atoms with Crippen LogP contribution in [0.15, 0.2) is 60.2 Å². The molecule has 0 saturated heterocycles. The molecule has 0 bridgehead atoms. The van der Waals surface area contributed by atoms with Gasteiger partial charge >= 0.3 is 5.97 Å². The Bertz CT molecular complexity index is 639. The molecule has 18 heavy (non-hydrogen) atoms. The van der Waals surface area contributed by atoms with Crippen LogP contribution in [-0.2, 0) is 11.2 Å². The summed E-state index contributed by atoms with van der Waals surface area (Å²) in [7, 11) is 0. The fourth-order valence-corrected chi connectivity index (χ4v) is 2.48. The molecule has 0 spiro atoms. The van der Waals surface area contributed by atoms with E-state index in [9.17, 15) is 9.90 Å². The molecule has 0 radical (unpaired) electrons. The van der Waals surface area contributed by atoms with Crippen molar-refractivity contribution in [1.82, 2.24) is 0 Å². The molecular weight excluding hydrogens is 224 g/mol. The van der Waals surface area contributed by atoms with Crippen LogP contribution < -0.4 is 0 Å². The summed E-state index contributed by atoms with van der Waals surface area (Å²) in [6.07, 6.45) is 0.510. The summed E-state index contributed by atoms with van der Waals surface area (Å²) >= 11 is 0. The summed E-state index contributed by atoms with van der Waals surface area (Å²) < 4.78 is 0. The molecule has 0 fully saturated rings. The first-order valence-corrected chi connectivity index (χ1v) is 5.87. The van der Waals surface area contributed by atoms with Crippen molar-refractivity contribution in [2.75, 3.05) is 0 Å². The summed E-state index contributed by atoms with van der Waals surface area (Å²) in [5, 5.41) is 9.36. The molecule has 0 saturated carbocycles. The van der Waals surface area contributed by atoms with Crippen LogP contribution in [0.5, 0.6) is 0 Å². The topological polar surface area (TPSA) is 37.3 Å². The second kappa shape index (κ2) is 4.15. The molecule has 1 aliphatic carbocycles. The molecule has 0 aromatic heterocycles. The van der Waals surface area contributed by atoms with Gasteiger partial charge in [-0.1, -0.05) is 54.6 Å². The molecule has 1 N–H and O–H groups in total. The van der Waals surface area contributed by atoms with E-state index in [4.69, 9.17) is 0 Å². The van der Waals surface area contributed by atoms with Crippen molar-refractivity contribution in [3.8, 4) is 0 Å². The highest BCUT2D eigenvalue weighted by Crippen LogP contribution is 2.37. The SMILES string of the molecule is O=C(O)C1=C(c2ccccc2)c2ccccc2C1. The standard InChI is InChI=1S/C16H12O2/c17-16(18)14-10-12-8-4-5-9-13(12)15(14)11-6-2-1-3-7-11/h1-9H,10H2,(H,17,18). The van der Waals surface area contributed by atoms with Crippen molar-refractivity contribution in [3.05, 3.63) is 76.9 Å². The highest BCUT2D eigenvalue weighted by Gasteiger charge is 2.26. The second-order valence-electron chi connectivity index (χ2n) is 4.36. The monoisotopic (exact) mass is 236 g/mol. The lowest BCUT2D eigenvalue weighted by atomic mass is 9.98. The average molecular weight is 236 g/mol. The maximum atomic E-state index is 11.4.